The molecule has 3 heterocycles. The van der Waals surface area contributed by atoms with Gasteiger partial charge in [-0.1, -0.05) is 0 Å². The van der Waals surface area contributed by atoms with Crippen LogP contribution >= 0.6 is 0 Å². The molecular formula is C18H20N6O2. The average Bonchev–Trinajstić information content (AvgIpc) is 3.03. The molecule has 1 amide bonds. The lowest BCUT2D eigenvalue weighted by Crippen LogP contribution is -2.35. The Bertz CT molecular complexity index is 967. The van der Waals surface area contributed by atoms with Crippen molar-refractivity contribution < 1.29 is 9.90 Å². The number of aromatic hydroxyl groups is 1. The minimum Gasteiger partial charge on any atom is -0.508 e. The maximum Gasteiger partial charge on any atom is 0.251 e. The standard InChI is InChI=1S/C18H20N6O2/c1-23-6-3-19-16-2-5-24-17(22-16)15(11-21-24)12-8-13(10-14(25)9-12)18(26)20-4-7-23/h2,5,8-11,25H,3-4,6-7H2,1H3,(H,19,22)(H,20,26). The molecule has 8 heteroatoms. The fourth-order valence-corrected chi connectivity index (χ4v) is 3.02. The van der Waals surface area contributed by atoms with E-state index in [1.54, 1.807) is 22.8 Å². The second kappa shape index (κ2) is 6.64. The highest BCUT2D eigenvalue weighted by atomic mass is 16.3. The molecule has 0 aliphatic carbocycles. The third-order valence-corrected chi connectivity index (χ3v) is 4.44. The number of carbonyl (C=O) groups is 1. The number of phenolic OH excluding ortho intramolecular Hbond substituents is 1. The van der Waals surface area contributed by atoms with Gasteiger partial charge in [0.05, 0.1) is 6.20 Å². The molecule has 4 rings (SSSR count). The van der Waals surface area contributed by atoms with Gasteiger partial charge in [-0.25, -0.2) is 9.50 Å². The van der Waals surface area contributed by atoms with Crippen LogP contribution in [0.1, 0.15) is 10.4 Å². The molecule has 0 saturated carbocycles. The van der Waals surface area contributed by atoms with E-state index in [-0.39, 0.29) is 11.7 Å². The van der Waals surface area contributed by atoms with E-state index >= 15 is 0 Å². The lowest BCUT2D eigenvalue weighted by Gasteiger charge is -2.17. The molecule has 3 aromatic rings. The molecule has 2 aromatic heterocycles. The highest BCUT2D eigenvalue weighted by molar-refractivity contribution is 5.96. The summed E-state index contributed by atoms with van der Waals surface area (Å²) in [5.41, 5.74) is 2.52. The number of nitrogens with zero attached hydrogens (tertiary/aromatic N) is 4. The van der Waals surface area contributed by atoms with Gasteiger partial charge in [0.15, 0.2) is 5.65 Å². The molecule has 1 aliphatic heterocycles. The predicted octanol–water partition coefficient (Wildman–Crippen LogP) is 1.19. The van der Waals surface area contributed by atoms with Crippen LogP contribution in [0.3, 0.4) is 0 Å². The van der Waals surface area contributed by atoms with Crippen molar-refractivity contribution in [1.82, 2.24) is 24.8 Å². The Morgan fingerprint density at radius 3 is 2.73 bits per heavy atom. The third kappa shape index (κ3) is 3.18. The monoisotopic (exact) mass is 352 g/mol. The van der Waals surface area contributed by atoms with Gasteiger partial charge in [0, 0.05) is 43.5 Å². The number of hydrogen-bond donors (Lipinski definition) is 3. The minimum atomic E-state index is -0.214. The number of phenols is 1. The Balaban J connectivity index is 1.84. The first-order valence-electron chi connectivity index (χ1n) is 8.49. The van der Waals surface area contributed by atoms with Gasteiger partial charge in [-0.2, -0.15) is 5.10 Å². The second-order valence-corrected chi connectivity index (χ2v) is 6.39. The topological polar surface area (TPSA) is 94.8 Å². The second-order valence-electron chi connectivity index (χ2n) is 6.39. The Morgan fingerprint density at radius 1 is 1.12 bits per heavy atom. The van der Waals surface area contributed by atoms with Crippen LogP contribution in [-0.2, 0) is 0 Å². The molecule has 4 bridgehead atoms. The average molecular weight is 352 g/mol. The lowest BCUT2D eigenvalue weighted by atomic mass is 10.0. The smallest absolute Gasteiger partial charge is 0.251 e. The molecule has 0 saturated heterocycles. The fourth-order valence-electron chi connectivity index (χ4n) is 3.02. The van der Waals surface area contributed by atoms with Crippen molar-refractivity contribution in [2.24, 2.45) is 0 Å². The van der Waals surface area contributed by atoms with Gasteiger partial charge in [-0.15, -0.1) is 0 Å². The summed E-state index contributed by atoms with van der Waals surface area (Å²) in [6, 6.07) is 6.70. The summed E-state index contributed by atoms with van der Waals surface area (Å²) in [4.78, 5) is 19.2. The highest BCUT2D eigenvalue weighted by Gasteiger charge is 2.14. The zero-order valence-corrected chi connectivity index (χ0v) is 14.4. The van der Waals surface area contributed by atoms with Gasteiger partial charge >= 0.3 is 0 Å². The maximum absolute atomic E-state index is 12.4. The zero-order chi connectivity index (χ0) is 18.1. The molecular weight excluding hydrogens is 332 g/mol. The molecule has 0 atom stereocenters. The SMILES string of the molecule is CN1CCNC(=O)c2cc(O)cc(c2)-c2cnn3ccc(nc23)NCC1. The first kappa shape index (κ1) is 16.3. The van der Waals surface area contributed by atoms with E-state index in [4.69, 9.17) is 0 Å². The molecule has 0 radical (unpaired) electrons. The molecule has 26 heavy (non-hydrogen) atoms. The normalized spacial score (nSPS) is 16.0. The van der Waals surface area contributed by atoms with Crippen molar-refractivity contribution in [3.63, 3.8) is 0 Å². The number of rotatable bonds is 0. The van der Waals surface area contributed by atoms with Crippen LogP contribution in [-0.4, -0.2) is 63.7 Å². The van der Waals surface area contributed by atoms with E-state index in [0.29, 0.717) is 23.3 Å². The van der Waals surface area contributed by atoms with Gasteiger partial charge in [-0.05, 0) is 36.9 Å². The van der Waals surface area contributed by atoms with E-state index < -0.39 is 0 Å². The third-order valence-electron chi connectivity index (χ3n) is 4.44. The summed E-state index contributed by atoms with van der Waals surface area (Å²) in [5.74, 6) is 0.577. The van der Waals surface area contributed by atoms with Gasteiger partial charge in [-0.3, -0.25) is 4.79 Å². The number of anilines is 1. The van der Waals surface area contributed by atoms with Crippen molar-refractivity contribution in [1.29, 1.82) is 0 Å². The number of hydrogen-bond acceptors (Lipinski definition) is 6. The van der Waals surface area contributed by atoms with Crippen LogP contribution < -0.4 is 10.6 Å². The summed E-state index contributed by atoms with van der Waals surface area (Å²) in [6.07, 6.45) is 3.53. The van der Waals surface area contributed by atoms with Crippen LogP contribution in [0.15, 0.2) is 36.7 Å². The number of nitrogens with one attached hydrogen (secondary N) is 2. The van der Waals surface area contributed by atoms with Gasteiger partial charge in [0.1, 0.15) is 11.6 Å². The van der Waals surface area contributed by atoms with Crippen molar-refractivity contribution in [2.45, 2.75) is 0 Å². The summed E-state index contributed by atoms with van der Waals surface area (Å²) in [5, 5.41) is 20.6. The van der Waals surface area contributed by atoms with E-state index in [2.05, 4.69) is 25.6 Å². The number of amides is 1. The van der Waals surface area contributed by atoms with Crippen molar-refractivity contribution >= 4 is 17.4 Å². The summed E-state index contributed by atoms with van der Waals surface area (Å²) in [7, 11) is 2.00. The Labute approximate surface area is 150 Å². The first-order valence-corrected chi connectivity index (χ1v) is 8.49. The summed E-state index contributed by atoms with van der Waals surface area (Å²) in [6.45, 7) is 2.83. The molecule has 1 aliphatic rings. The van der Waals surface area contributed by atoms with Crippen molar-refractivity contribution in [3.8, 4) is 16.9 Å². The van der Waals surface area contributed by atoms with Gasteiger partial charge < -0.3 is 20.6 Å². The number of carbonyl (C=O) groups excluding carboxylic acids is 1. The predicted molar refractivity (Wildman–Crippen MR) is 98.4 cm³/mol. The van der Waals surface area contributed by atoms with E-state index in [1.165, 1.54) is 6.07 Å². The molecule has 0 fully saturated rings. The molecule has 3 N–H and O–H groups in total. The van der Waals surface area contributed by atoms with E-state index in [1.807, 2.05) is 19.3 Å². The Kier molecular flexibility index (Phi) is 4.18. The van der Waals surface area contributed by atoms with Crippen LogP contribution in [0.4, 0.5) is 5.82 Å². The molecule has 134 valence electrons. The first-order chi connectivity index (χ1) is 12.6. The summed E-state index contributed by atoms with van der Waals surface area (Å²) >= 11 is 0. The maximum atomic E-state index is 12.4. The zero-order valence-electron chi connectivity index (χ0n) is 14.4. The van der Waals surface area contributed by atoms with Crippen LogP contribution in [0.5, 0.6) is 5.75 Å². The Hall–Kier alpha value is -3.13. The quantitative estimate of drug-likeness (QED) is 0.563. The van der Waals surface area contributed by atoms with Crippen LogP contribution in [0.2, 0.25) is 0 Å². The molecule has 1 aromatic carbocycles. The highest BCUT2D eigenvalue weighted by Crippen LogP contribution is 2.28. The largest absolute Gasteiger partial charge is 0.508 e. The fraction of sp³-hybridized carbons (Fsp3) is 0.278. The number of fused-ring (bicyclic) bond motifs is 4. The van der Waals surface area contributed by atoms with Gasteiger partial charge in [0.25, 0.3) is 5.91 Å². The van der Waals surface area contributed by atoms with Crippen molar-refractivity contribution in [3.05, 3.63) is 42.2 Å². The molecule has 8 nitrogen and oxygen atoms in total. The molecule has 0 spiro atoms. The van der Waals surface area contributed by atoms with E-state index in [0.717, 1.165) is 31.0 Å². The number of benzene rings is 1. The van der Waals surface area contributed by atoms with Crippen LogP contribution in [0, 0.1) is 0 Å². The van der Waals surface area contributed by atoms with Crippen molar-refractivity contribution in [2.75, 3.05) is 38.5 Å². The lowest BCUT2D eigenvalue weighted by molar-refractivity contribution is 0.0949. The van der Waals surface area contributed by atoms with Gasteiger partial charge in [0.2, 0.25) is 0 Å². The number of aromatic nitrogens is 3. The van der Waals surface area contributed by atoms with Crippen LogP contribution in [0.25, 0.3) is 16.8 Å². The Morgan fingerprint density at radius 2 is 1.88 bits per heavy atom. The number of likely N-dealkylation sites (N-methyl/N-ethyl adjacent to an activating group) is 1. The minimum absolute atomic E-state index is 0.0303. The summed E-state index contributed by atoms with van der Waals surface area (Å²) < 4.78 is 1.68. The molecule has 0 unspecified atom stereocenters. The van der Waals surface area contributed by atoms with E-state index in [9.17, 15) is 9.90 Å².